The number of rotatable bonds is 16. The molecule has 1 aliphatic rings. The molecule has 0 amide bonds. The summed E-state index contributed by atoms with van der Waals surface area (Å²) in [5.74, 6) is -3.67. The lowest BCUT2D eigenvalue weighted by Crippen LogP contribution is -2.59. The van der Waals surface area contributed by atoms with Crippen molar-refractivity contribution in [2.24, 2.45) is 11.3 Å². The molecule has 1 aromatic rings. The number of methoxy groups -OCH3 is 3. The maximum Gasteiger partial charge on any atom is 0.337 e. The summed E-state index contributed by atoms with van der Waals surface area (Å²) in [6.07, 6.45) is 7.08. The molecule has 2 rings (SSSR count). The van der Waals surface area contributed by atoms with Crippen LogP contribution in [0.25, 0.3) is 0 Å². The van der Waals surface area contributed by atoms with Gasteiger partial charge in [0.2, 0.25) is 0 Å². The number of allylic oxidation sites excluding steroid dienone is 2. The molecule has 0 heterocycles. The highest BCUT2D eigenvalue weighted by atomic mass is 16.5. The molecule has 0 saturated heterocycles. The first-order valence-electron chi connectivity index (χ1n) is 12.2. The van der Waals surface area contributed by atoms with Crippen LogP contribution in [0.5, 0.6) is 11.5 Å². The second-order valence-corrected chi connectivity index (χ2v) is 9.48. The number of carbonyl (C=O) groups is 3. The number of carboxylic acid groups (broad SMARTS) is 3. The molecule has 218 valence electrons. The summed E-state index contributed by atoms with van der Waals surface area (Å²) in [6.45, 7) is 0.101. The van der Waals surface area contributed by atoms with E-state index in [0.29, 0.717) is 24.5 Å². The molecule has 0 bridgehead atoms. The molecule has 1 aliphatic carbocycles. The molecule has 12 heteroatoms. The van der Waals surface area contributed by atoms with Crippen molar-refractivity contribution in [3.8, 4) is 23.8 Å². The minimum Gasteiger partial charge on any atom is -0.493 e. The van der Waals surface area contributed by atoms with Crippen molar-refractivity contribution < 1.29 is 53.8 Å². The van der Waals surface area contributed by atoms with E-state index in [-0.39, 0.29) is 31.1 Å². The van der Waals surface area contributed by atoms with Crippen molar-refractivity contribution in [2.45, 2.75) is 24.9 Å². The van der Waals surface area contributed by atoms with E-state index in [2.05, 4.69) is 5.92 Å². The fourth-order valence-electron chi connectivity index (χ4n) is 5.01. The summed E-state index contributed by atoms with van der Waals surface area (Å²) in [5.41, 5.74) is -3.92. The summed E-state index contributed by atoms with van der Waals surface area (Å²) in [5, 5.41) is 40.7. The Morgan fingerprint density at radius 2 is 1.80 bits per heavy atom. The zero-order valence-electron chi connectivity index (χ0n) is 22.9. The Balaban J connectivity index is 2.53. The molecular weight excluding hydrogens is 526 g/mol. The van der Waals surface area contributed by atoms with Gasteiger partial charge in [-0.05, 0) is 37.2 Å². The molecule has 12 nitrogen and oxygen atoms in total. The van der Waals surface area contributed by atoms with E-state index in [9.17, 15) is 34.8 Å². The Morgan fingerprint density at radius 3 is 2.33 bits per heavy atom. The number of nitrogens with zero attached hydrogens (tertiary/aromatic N) is 1. The number of hydrogen-bond donors (Lipinski definition) is 4. The summed E-state index contributed by atoms with van der Waals surface area (Å²) >= 11 is 0. The average Bonchev–Trinajstić information content (AvgIpc) is 2.89. The van der Waals surface area contributed by atoms with Gasteiger partial charge in [-0.25, -0.2) is 4.79 Å². The van der Waals surface area contributed by atoms with Crippen LogP contribution < -0.4 is 9.47 Å². The van der Waals surface area contributed by atoms with Gasteiger partial charge in [0.05, 0.1) is 27.8 Å². The van der Waals surface area contributed by atoms with Crippen LogP contribution in [0.15, 0.2) is 41.9 Å². The third kappa shape index (κ3) is 7.25. The first-order valence-corrected chi connectivity index (χ1v) is 12.2. The molecule has 40 heavy (non-hydrogen) atoms. The van der Waals surface area contributed by atoms with E-state index in [4.69, 9.17) is 25.4 Å². The van der Waals surface area contributed by atoms with Gasteiger partial charge in [-0.1, -0.05) is 18.1 Å². The lowest BCUT2D eigenvalue weighted by Gasteiger charge is -2.45. The predicted molar refractivity (Wildman–Crippen MR) is 142 cm³/mol. The molecule has 0 spiro atoms. The van der Waals surface area contributed by atoms with Crippen LogP contribution in [0, 0.1) is 23.7 Å². The highest BCUT2D eigenvalue weighted by Crippen LogP contribution is 2.47. The number of likely N-dealkylation sites (N-methyl/N-ethyl adjacent to an activating group) is 1. The molecule has 4 N–H and O–H groups in total. The quantitative estimate of drug-likeness (QED) is 0.215. The lowest BCUT2D eigenvalue weighted by molar-refractivity contribution is -0.187. The molecule has 3 atom stereocenters. The fraction of sp³-hybridized carbons (Fsp3) is 0.464. The monoisotopic (exact) mass is 561 g/mol. The zero-order chi connectivity index (χ0) is 30.1. The van der Waals surface area contributed by atoms with Crippen molar-refractivity contribution in [1.82, 2.24) is 4.90 Å². The Morgan fingerprint density at radius 1 is 1.12 bits per heavy atom. The fourth-order valence-corrected chi connectivity index (χ4v) is 5.01. The van der Waals surface area contributed by atoms with E-state index in [0.717, 1.165) is 5.56 Å². The molecule has 3 unspecified atom stereocenters. The number of carboxylic acids is 3. The second-order valence-electron chi connectivity index (χ2n) is 9.48. The third-order valence-corrected chi connectivity index (χ3v) is 6.77. The van der Waals surface area contributed by atoms with E-state index >= 15 is 0 Å². The van der Waals surface area contributed by atoms with E-state index in [1.165, 1.54) is 33.5 Å². The van der Waals surface area contributed by atoms with Crippen molar-refractivity contribution in [3.63, 3.8) is 0 Å². The molecule has 0 aliphatic heterocycles. The highest BCUT2D eigenvalue weighted by molar-refractivity contribution is 5.90. The minimum atomic E-state index is -3.16. The van der Waals surface area contributed by atoms with E-state index < -0.39 is 41.3 Å². The molecule has 0 saturated carbocycles. The summed E-state index contributed by atoms with van der Waals surface area (Å²) in [6, 6.07) is 5.41. The molecule has 0 fully saturated rings. The van der Waals surface area contributed by atoms with Gasteiger partial charge in [-0.15, -0.1) is 6.42 Å². The smallest absolute Gasteiger partial charge is 0.337 e. The molecular formula is C28H35NO11. The van der Waals surface area contributed by atoms with Crippen LogP contribution in [0.4, 0.5) is 0 Å². The first-order chi connectivity index (χ1) is 18.9. The van der Waals surface area contributed by atoms with Crippen LogP contribution in [0.1, 0.15) is 18.4 Å². The van der Waals surface area contributed by atoms with Gasteiger partial charge in [0.1, 0.15) is 18.3 Å². The normalized spacial score (nSPS) is 18.8. The maximum atomic E-state index is 12.7. The Labute approximate surface area is 232 Å². The Hall–Kier alpha value is -4.21. The number of terminal acetylenes is 1. The highest BCUT2D eigenvalue weighted by Gasteiger charge is 2.60. The van der Waals surface area contributed by atoms with Gasteiger partial charge in [0.25, 0.3) is 0 Å². The largest absolute Gasteiger partial charge is 0.493 e. The summed E-state index contributed by atoms with van der Waals surface area (Å²) in [4.78, 5) is 38.3. The molecule has 0 radical (unpaired) electrons. The summed E-state index contributed by atoms with van der Waals surface area (Å²) in [7, 11) is 6.11. The van der Waals surface area contributed by atoms with E-state index in [1.807, 2.05) is 6.07 Å². The number of aliphatic carboxylic acids is 3. The molecule has 0 aromatic heterocycles. The number of ether oxygens (including phenoxy) is 4. The van der Waals surface area contributed by atoms with Crippen molar-refractivity contribution in [2.75, 3.05) is 48.1 Å². The topological polar surface area (TPSA) is 172 Å². The first kappa shape index (κ1) is 32.0. The zero-order valence-corrected chi connectivity index (χ0v) is 22.9. The summed E-state index contributed by atoms with van der Waals surface area (Å²) < 4.78 is 21.6. The van der Waals surface area contributed by atoms with Gasteiger partial charge in [-0.2, -0.15) is 0 Å². The van der Waals surface area contributed by atoms with Crippen LogP contribution in [0.2, 0.25) is 0 Å². The van der Waals surface area contributed by atoms with Gasteiger partial charge in [0, 0.05) is 24.9 Å². The van der Waals surface area contributed by atoms with Gasteiger partial charge in [0.15, 0.2) is 22.9 Å². The van der Waals surface area contributed by atoms with Gasteiger partial charge < -0.3 is 44.3 Å². The number of benzene rings is 1. The molecule has 1 aromatic carbocycles. The third-order valence-electron chi connectivity index (χ3n) is 6.77. The van der Waals surface area contributed by atoms with E-state index in [1.54, 1.807) is 24.1 Å². The Bertz CT molecular complexity index is 1200. The SMILES string of the molecule is C#CCOC1=C(OC)C=CC(CN(C)CCc2ccc(OC)c(OC)c2)(C(C(=O)O)C(O)(CC(=O)O)C(=O)O)C1. The average molecular weight is 562 g/mol. The predicted octanol–water partition coefficient (Wildman–Crippen LogP) is 1.62. The van der Waals surface area contributed by atoms with Crippen LogP contribution in [0.3, 0.4) is 0 Å². The van der Waals surface area contributed by atoms with Crippen LogP contribution in [-0.2, 0) is 30.3 Å². The van der Waals surface area contributed by atoms with Crippen LogP contribution in [-0.4, -0.2) is 96.9 Å². The van der Waals surface area contributed by atoms with Gasteiger partial charge >= 0.3 is 17.9 Å². The maximum absolute atomic E-state index is 12.7. The standard InChI is InChI=1S/C28H35NO11/c1-6-13-40-22-15-27(11-9-20(22)38-4,24(25(32)33)28(36,26(34)35)16-23(30)31)17-29(2)12-10-18-7-8-19(37-3)21(14-18)39-5/h1,7-9,11,14,24,36H,10,12-13,15-17H2,2-5H3,(H,30,31)(H,32,33)(H,34,35). The number of hydrogen-bond acceptors (Lipinski definition) is 9. The van der Waals surface area contributed by atoms with Gasteiger partial charge in [-0.3, -0.25) is 9.59 Å². The Kier molecular flexibility index (Phi) is 11.0. The van der Waals surface area contributed by atoms with Crippen molar-refractivity contribution in [3.05, 3.63) is 47.4 Å². The lowest BCUT2D eigenvalue weighted by atomic mass is 9.62. The van der Waals surface area contributed by atoms with Crippen molar-refractivity contribution in [1.29, 1.82) is 0 Å². The van der Waals surface area contributed by atoms with Crippen LogP contribution >= 0.6 is 0 Å². The number of aliphatic hydroxyl groups is 1. The minimum absolute atomic E-state index is 0.0944. The second kappa shape index (κ2) is 13.7. The van der Waals surface area contributed by atoms with Crippen molar-refractivity contribution >= 4 is 17.9 Å².